The first-order valence-electron chi connectivity index (χ1n) is 7.50. The van der Waals surface area contributed by atoms with Gasteiger partial charge in [0.05, 0.1) is 12.3 Å². The molecule has 3 heterocycles. The van der Waals surface area contributed by atoms with Crippen LogP contribution in [0.5, 0.6) is 0 Å². The zero-order chi connectivity index (χ0) is 17.7. The minimum Gasteiger partial charge on any atom is -0.546 e. The van der Waals surface area contributed by atoms with E-state index in [1.165, 1.54) is 31.1 Å². The maximum absolute atomic E-state index is 11.5. The van der Waals surface area contributed by atoms with Gasteiger partial charge in [0.1, 0.15) is 0 Å². The molecule has 1 aliphatic heterocycles. The second kappa shape index (κ2) is 5.36. The molecule has 0 spiro atoms. The molecule has 2 aromatic rings. The Labute approximate surface area is 137 Å². The standard InChI is InChI=1S/C14H19N5O5/c1-13(12(22)23)11(21)14(2,24)19-7-16-9-8(10(19)17-13)15-6-18(9)4-3-5-20/h6-7,11,20-21,24H,3-5H2,1-2H3,(H,22,23)/t11-,13+,14-/m1/s1. The summed E-state index contributed by atoms with van der Waals surface area (Å²) in [6, 6.07) is 0. The van der Waals surface area contributed by atoms with Gasteiger partial charge in [-0.2, -0.15) is 0 Å². The van der Waals surface area contributed by atoms with Gasteiger partial charge in [-0.15, -0.1) is 0 Å². The molecule has 0 aromatic carbocycles. The van der Waals surface area contributed by atoms with Crippen molar-refractivity contribution in [2.75, 3.05) is 11.9 Å². The number of imidazole rings is 1. The number of aliphatic carboxylic acids is 1. The van der Waals surface area contributed by atoms with Crippen LogP contribution in [0.2, 0.25) is 0 Å². The summed E-state index contributed by atoms with van der Waals surface area (Å²) in [7, 11) is 0. The van der Waals surface area contributed by atoms with Gasteiger partial charge in [0, 0.05) is 20.1 Å². The van der Waals surface area contributed by atoms with E-state index in [2.05, 4.69) is 15.3 Å². The molecule has 0 saturated carbocycles. The molecule has 0 fully saturated rings. The first-order valence-corrected chi connectivity index (χ1v) is 7.50. The molecule has 0 radical (unpaired) electrons. The highest BCUT2D eigenvalue weighted by Gasteiger charge is 2.56. The Hall–Kier alpha value is -2.30. The van der Waals surface area contributed by atoms with Gasteiger partial charge in [0.15, 0.2) is 17.2 Å². The SMILES string of the molecule is C[C@]1(C(=O)[O-])Nc2c3ncn(CCCO)c3nc[n+]2[C@](C)(O)[C@@H]1O. The fraction of sp³-hybridized carbons (Fsp3) is 0.571. The zero-order valence-electron chi connectivity index (χ0n) is 13.3. The van der Waals surface area contributed by atoms with Crippen molar-refractivity contribution in [3.05, 3.63) is 12.7 Å². The number of nitrogens with one attached hydrogen (secondary N) is 1. The van der Waals surface area contributed by atoms with E-state index in [1.54, 1.807) is 4.57 Å². The lowest BCUT2D eigenvalue weighted by Gasteiger charge is -2.44. The van der Waals surface area contributed by atoms with E-state index in [0.717, 1.165) is 0 Å². The Morgan fingerprint density at radius 1 is 1.50 bits per heavy atom. The molecule has 0 unspecified atom stereocenters. The lowest BCUT2D eigenvalue weighted by atomic mass is 9.85. The van der Waals surface area contributed by atoms with Gasteiger partial charge in [-0.1, -0.05) is 4.98 Å². The van der Waals surface area contributed by atoms with Crippen molar-refractivity contribution in [1.29, 1.82) is 0 Å². The summed E-state index contributed by atoms with van der Waals surface area (Å²) in [4.78, 5) is 20.0. The molecule has 0 bridgehead atoms. The summed E-state index contributed by atoms with van der Waals surface area (Å²) in [5, 5.41) is 44.2. The maximum atomic E-state index is 11.5. The van der Waals surface area contributed by atoms with Crippen LogP contribution in [-0.4, -0.2) is 54.1 Å². The Balaban J connectivity index is 2.20. The maximum Gasteiger partial charge on any atom is 0.256 e. The fourth-order valence-electron chi connectivity index (χ4n) is 2.99. The van der Waals surface area contributed by atoms with E-state index >= 15 is 0 Å². The highest BCUT2D eigenvalue weighted by molar-refractivity contribution is 5.87. The topological polar surface area (TPSA) is 147 Å². The van der Waals surface area contributed by atoms with Gasteiger partial charge in [-0.3, -0.25) is 5.32 Å². The first kappa shape index (κ1) is 16.6. The number of aryl methyl sites for hydroxylation is 1. The smallest absolute Gasteiger partial charge is 0.256 e. The van der Waals surface area contributed by atoms with Crippen molar-refractivity contribution >= 4 is 23.0 Å². The van der Waals surface area contributed by atoms with E-state index in [0.29, 0.717) is 24.1 Å². The first-order chi connectivity index (χ1) is 11.2. The van der Waals surface area contributed by atoms with Crippen LogP contribution in [0.3, 0.4) is 0 Å². The van der Waals surface area contributed by atoms with Crippen LogP contribution in [0.1, 0.15) is 20.3 Å². The lowest BCUT2D eigenvalue weighted by molar-refractivity contribution is -0.807. The summed E-state index contributed by atoms with van der Waals surface area (Å²) in [6.45, 7) is 3.03. The van der Waals surface area contributed by atoms with Crippen molar-refractivity contribution in [3.8, 4) is 0 Å². The van der Waals surface area contributed by atoms with Gasteiger partial charge in [0.2, 0.25) is 17.7 Å². The predicted molar refractivity (Wildman–Crippen MR) is 78.3 cm³/mol. The summed E-state index contributed by atoms with van der Waals surface area (Å²) in [5.74, 6) is -1.34. The number of carboxylic acids is 1. The Kier molecular flexibility index (Phi) is 3.70. The van der Waals surface area contributed by atoms with Gasteiger partial charge in [-0.05, 0) is 13.3 Å². The molecule has 2 aromatic heterocycles. The van der Waals surface area contributed by atoms with E-state index in [9.17, 15) is 20.1 Å². The van der Waals surface area contributed by atoms with Gasteiger partial charge in [-0.25, -0.2) is 9.55 Å². The largest absolute Gasteiger partial charge is 0.546 e. The van der Waals surface area contributed by atoms with Crippen LogP contribution in [0, 0.1) is 0 Å². The van der Waals surface area contributed by atoms with Crippen LogP contribution in [0.4, 0.5) is 5.82 Å². The van der Waals surface area contributed by atoms with Crippen LogP contribution < -0.4 is 15.0 Å². The summed E-state index contributed by atoms with van der Waals surface area (Å²) in [6.07, 6.45) is 1.66. The molecule has 24 heavy (non-hydrogen) atoms. The number of nitrogens with zero attached hydrogens (tertiary/aromatic N) is 4. The minimum absolute atomic E-state index is 0.0152. The number of carbonyl (C=O) groups is 1. The average Bonchev–Trinajstić information content (AvgIpc) is 2.94. The number of aliphatic hydroxyl groups excluding tert-OH is 2. The van der Waals surface area contributed by atoms with Crippen molar-refractivity contribution in [2.24, 2.45) is 0 Å². The normalized spacial score (nSPS) is 29.3. The molecule has 0 aliphatic carbocycles. The number of fused-ring (bicyclic) bond motifs is 3. The number of carboxylic acid groups (broad SMARTS) is 1. The lowest BCUT2D eigenvalue weighted by Crippen LogP contribution is -2.77. The summed E-state index contributed by atoms with van der Waals surface area (Å²) >= 11 is 0. The molecular weight excluding hydrogens is 318 g/mol. The van der Waals surface area contributed by atoms with Crippen LogP contribution in [-0.2, 0) is 17.1 Å². The van der Waals surface area contributed by atoms with E-state index < -0.39 is 23.3 Å². The Morgan fingerprint density at radius 2 is 2.21 bits per heavy atom. The van der Waals surface area contributed by atoms with Crippen LogP contribution >= 0.6 is 0 Å². The van der Waals surface area contributed by atoms with Crippen LogP contribution in [0.15, 0.2) is 12.7 Å². The van der Waals surface area contributed by atoms with E-state index in [-0.39, 0.29) is 12.4 Å². The number of hydrogen-bond donors (Lipinski definition) is 4. The number of rotatable bonds is 4. The molecule has 3 atom stereocenters. The fourth-order valence-corrected chi connectivity index (χ4v) is 2.99. The molecule has 10 heteroatoms. The molecule has 0 amide bonds. The number of aliphatic hydroxyl groups is 3. The average molecular weight is 337 g/mol. The zero-order valence-corrected chi connectivity index (χ0v) is 13.3. The number of carbonyl (C=O) groups excluding carboxylic acids is 1. The molecule has 4 N–H and O–H groups in total. The number of hydrogen-bond acceptors (Lipinski definition) is 8. The van der Waals surface area contributed by atoms with Crippen molar-refractivity contribution < 1.29 is 29.8 Å². The third-order valence-electron chi connectivity index (χ3n) is 4.48. The molecule has 130 valence electrons. The molecule has 10 nitrogen and oxygen atoms in total. The Bertz CT molecular complexity index is 804. The third-order valence-corrected chi connectivity index (χ3v) is 4.48. The van der Waals surface area contributed by atoms with Gasteiger partial charge < -0.3 is 29.8 Å². The summed E-state index contributed by atoms with van der Waals surface area (Å²) in [5.41, 5.74) is -3.02. The van der Waals surface area contributed by atoms with E-state index in [1.807, 2.05) is 0 Å². The van der Waals surface area contributed by atoms with Crippen molar-refractivity contribution in [1.82, 2.24) is 14.5 Å². The number of aromatic nitrogens is 4. The molecular formula is C14H19N5O5. The van der Waals surface area contributed by atoms with Gasteiger partial charge >= 0.3 is 0 Å². The molecule has 1 aliphatic rings. The van der Waals surface area contributed by atoms with Crippen molar-refractivity contribution in [3.63, 3.8) is 0 Å². The second-order valence-corrected chi connectivity index (χ2v) is 6.26. The quantitative estimate of drug-likeness (QED) is 0.433. The second-order valence-electron chi connectivity index (χ2n) is 6.26. The monoisotopic (exact) mass is 337 g/mol. The predicted octanol–water partition coefficient (Wildman–Crippen LogP) is -2.94. The van der Waals surface area contributed by atoms with Crippen molar-refractivity contribution in [2.45, 2.75) is 44.2 Å². The third kappa shape index (κ3) is 2.14. The number of anilines is 1. The highest BCUT2D eigenvalue weighted by Crippen LogP contribution is 2.33. The summed E-state index contributed by atoms with van der Waals surface area (Å²) < 4.78 is 2.96. The minimum atomic E-state index is -1.93. The highest BCUT2D eigenvalue weighted by atomic mass is 16.4. The Morgan fingerprint density at radius 3 is 2.83 bits per heavy atom. The van der Waals surface area contributed by atoms with Crippen LogP contribution in [0.25, 0.3) is 11.2 Å². The molecule has 0 saturated heterocycles. The van der Waals surface area contributed by atoms with E-state index in [4.69, 9.17) is 5.11 Å². The molecule has 3 rings (SSSR count). The van der Waals surface area contributed by atoms with Gasteiger partial charge in [0.25, 0.3) is 5.82 Å².